The molecule has 0 radical (unpaired) electrons. The van der Waals surface area contributed by atoms with E-state index in [2.05, 4.69) is 0 Å². The van der Waals surface area contributed by atoms with Gasteiger partial charge in [0.25, 0.3) is 0 Å². The second kappa shape index (κ2) is 8.78. The van der Waals surface area contributed by atoms with Crippen LogP contribution >= 0.6 is 0 Å². The molecule has 0 saturated heterocycles. The lowest BCUT2D eigenvalue weighted by molar-refractivity contribution is -0.140. The van der Waals surface area contributed by atoms with E-state index in [1.807, 2.05) is 41.5 Å². The van der Waals surface area contributed by atoms with Gasteiger partial charge < -0.3 is 19.7 Å². The van der Waals surface area contributed by atoms with Gasteiger partial charge in [-0.2, -0.15) is 0 Å². The highest BCUT2D eigenvalue weighted by Gasteiger charge is 2.23. The second-order valence-corrected chi connectivity index (χ2v) is 9.31. The van der Waals surface area contributed by atoms with Crippen molar-refractivity contribution in [2.45, 2.75) is 65.2 Å². The normalized spacial score (nSPS) is 11.8. The number of ether oxygens (including phenoxy) is 2. The van der Waals surface area contributed by atoms with Crippen LogP contribution in [0.4, 0.5) is 0 Å². The molecule has 0 saturated carbocycles. The summed E-state index contributed by atoms with van der Waals surface area (Å²) in [5.74, 6) is -0.243. The first-order valence-corrected chi connectivity index (χ1v) is 9.86. The smallest absolute Gasteiger partial charge is 0.311 e. The Morgan fingerprint density at radius 1 is 0.700 bits per heavy atom. The number of benzene rings is 2. The van der Waals surface area contributed by atoms with Crippen molar-refractivity contribution >= 4 is 11.9 Å². The first kappa shape index (κ1) is 23.3. The maximum absolute atomic E-state index is 12.3. The third-order valence-corrected chi connectivity index (χ3v) is 4.52. The average molecular weight is 414 g/mol. The van der Waals surface area contributed by atoms with E-state index in [-0.39, 0.29) is 35.2 Å². The lowest BCUT2D eigenvalue weighted by atomic mass is 9.86. The molecule has 0 atom stereocenters. The van der Waals surface area contributed by atoms with Gasteiger partial charge in [0.2, 0.25) is 0 Å². The molecular weight excluding hydrogens is 384 g/mol. The molecule has 0 heterocycles. The molecule has 0 unspecified atom stereocenters. The Labute approximate surface area is 177 Å². The summed E-state index contributed by atoms with van der Waals surface area (Å²) in [5, 5.41) is 19.5. The molecule has 0 aromatic heterocycles. The van der Waals surface area contributed by atoms with Crippen LogP contribution < -0.4 is 9.47 Å². The summed E-state index contributed by atoms with van der Waals surface area (Å²) in [6.45, 7) is 11.7. The summed E-state index contributed by atoms with van der Waals surface area (Å²) in [6.07, 6.45) is -0.293. The molecular formula is C24H30O6. The number of aromatic hydroxyl groups is 2. The van der Waals surface area contributed by atoms with Crippen molar-refractivity contribution in [1.29, 1.82) is 0 Å². The highest BCUT2D eigenvalue weighted by molar-refractivity contribution is 5.80. The monoisotopic (exact) mass is 414 g/mol. The van der Waals surface area contributed by atoms with Gasteiger partial charge in [-0.3, -0.25) is 9.59 Å². The van der Waals surface area contributed by atoms with Crippen LogP contribution in [0.15, 0.2) is 36.4 Å². The molecule has 2 rings (SSSR count). The SMILES string of the molecule is CC(C)(C)c1cc(O)ccc1OC(=O)CCC(=O)Oc1ccc(O)cc1C(C)(C)C. The van der Waals surface area contributed by atoms with Gasteiger partial charge in [0.05, 0.1) is 12.8 Å². The summed E-state index contributed by atoms with van der Waals surface area (Å²) in [5.41, 5.74) is 0.708. The molecule has 2 N–H and O–H groups in total. The number of phenolic OH excluding ortho intramolecular Hbond substituents is 2. The summed E-state index contributed by atoms with van der Waals surface area (Å²) in [4.78, 5) is 24.6. The van der Waals surface area contributed by atoms with Crippen LogP contribution in [0.3, 0.4) is 0 Å². The zero-order valence-corrected chi connectivity index (χ0v) is 18.4. The van der Waals surface area contributed by atoms with Crippen LogP contribution in [-0.2, 0) is 20.4 Å². The quantitative estimate of drug-likeness (QED) is 0.529. The van der Waals surface area contributed by atoms with E-state index in [0.29, 0.717) is 22.6 Å². The summed E-state index contributed by atoms with van der Waals surface area (Å²) < 4.78 is 10.9. The van der Waals surface area contributed by atoms with Crippen molar-refractivity contribution in [3.8, 4) is 23.0 Å². The standard InChI is InChI=1S/C24H30O6/c1-23(2,3)17-13-15(25)7-9-19(17)29-21(27)11-12-22(28)30-20-10-8-16(26)14-18(20)24(4,5)6/h7-10,13-14,25-26H,11-12H2,1-6H3. The van der Waals surface area contributed by atoms with E-state index in [9.17, 15) is 19.8 Å². The molecule has 0 amide bonds. The minimum Gasteiger partial charge on any atom is -0.508 e. The first-order chi connectivity index (χ1) is 13.8. The van der Waals surface area contributed by atoms with Crippen LogP contribution in [0.25, 0.3) is 0 Å². The van der Waals surface area contributed by atoms with Crippen molar-refractivity contribution < 1.29 is 29.3 Å². The van der Waals surface area contributed by atoms with Gasteiger partial charge in [-0.05, 0) is 47.2 Å². The molecule has 30 heavy (non-hydrogen) atoms. The van der Waals surface area contributed by atoms with Crippen LogP contribution in [0.1, 0.15) is 65.5 Å². The van der Waals surface area contributed by atoms with Crippen molar-refractivity contribution in [2.75, 3.05) is 0 Å². The number of hydrogen-bond acceptors (Lipinski definition) is 6. The number of esters is 2. The minimum absolute atomic E-state index is 0.0897. The molecule has 0 aliphatic carbocycles. The number of carbonyl (C=O) groups is 2. The first-order valence-electron chi connectivity index (χ1n) is 9.86. The molecule has 6 nitrogen and oxygen atoms in total. The summed E-state index contributed by atoms with van der Waals surface area (Å²) >= 11 is 0. The maximum atomic E-state index is 12.3. The molecule has 162 valence electrons. The van der Waals surface area contributed by atoms with Gasteiger partial charge in [0, 0.05) is 11.1 Å². The van der Waals surface area contributed by atoms with Gasteiger partial charge in [0.1, 0.15) is 23.0 Å². The predicted octanol–water partition coefficient (Wildman–Crippen LogP) is 4.98. The van der Waals surface area contributed by atoms with Gasteiger partial charge >= 0.3 is 11.9 Å². The molecule has 0 bridgehead atoms. The maximum Gasteiger partial charge on any atom is 0.311 e. The van der Waals surface area contributed by atoms with Crippen LogP contribution in [0.2, 0.25) is 0 Å². The molecule has 2 aromatic carbocycles. The van der Waals surface area contributed by atoms with Crippen LogP contribution in [0, 0.1) is 0 Å². The fraction of sp³-hybridized carbons (Fsp3) is 0.417. The van der Waals surface area contributed by atoms with Crippen LogP contribution in [0.5, 0.6) is 23.0 Å². The third-order valence-electron chi connectivity index (χ3n) is 4.52. The Morgan fingerprint density at radius 2 is 1.03 bits per heavy atom. The lowest BCUT2D eigenvalue weighted by Crippen LogP contribution is -2.19. The van der Waals surface area contributed by atoms with E-state index in [1.165, 1.54) is 24.3 Å². The van der Waals surface area contributed by atoms with Gasteiger partial charge in [0.15, 0.2) is 0 Å². The fourth-order valence-corrected chi connectivity index (χ4v) is 2.94. The Balaban J connectivity index is 2.03. The van der Waals surface area contributed by atoms with Gasteiger partial charge in [-0.1, -0.05) is 41.5 Å². The fourth-order valence-electron chi connectivity index (χ4n) is 2.94. The summed E-state index contributed by atoms with van der Waals surface area (Å²) in [6, 6.07) is 9.11. The Bertz CT molecular complexity index is 854. The Kier molecular flexibility index (Phi) is 6.80. The topological polar surface area (TPSA) is 93.1 Å². The Hall–Kier alpha value is -3.02. The molecule has 6 heteroatoms. The van der Waals surface area contributed by atoms with Crippen molar-refractivity contribution in [3.63, 3.8) is 0 Å². The second-order valence-electron chi connectivity index (χ2n) is 9.31. The van der Waals surface area contributed by atoms with Crippen molar-refractivity contribution in [1.82, 2.24) is 0 Å². The average Bonchev–Trinajstić information content (AvgIpc) is 2.61. The number of rotatable bonds is 5. The zero-order valence-electron chi connectivity index (χ0n) is 18.4. The minimum atomic E-state index is -0.565. The highest BCUT2D eigenvalue weighted by Crippen LogP contribution is 2.35. The predicted molar refractivity (Wildman–Crippen MR) is 114 cm³/mol. The number of hydrogen-bond donors (Lipinski definition) is 2. The Morgan fingerprint density at radius 3 is 1.33 bits per heavy atom. The summed E-state index contributed by atoms with van der Waals surface area (Å²) in [7, 11) is 0. The molecule has 0 aliphatic rings. The highest BCUT2D eigenvalue weighted by atomic mass is 16.5. The largest absolute Gasteiger partial charge is 0.508 e. The van der Waals surface area contributed by atoms with E-state index in [0.717, 1.165) is 0 Å². The number of phenols is 2. The zero-order chi connectivity index (χ0) is 22.7. The number of carbonyl (C=O) groups excluding carboxylic acids is 2. The third kappa shape index (κ3) is 6.24. The van der Waals surface area contributed by atoms with Gasteiger partial charge in [-0.15, -0.1) is 0 Å². The van der Waals surface area contributed by atoms with E-state index in [4.69, 9.17) is 9.47 Å². The molecule has 0 spiro atoms. The van der Waals surface area contributed by atoms with Crippen LogP contribution in [-0.4, -0.2) is 22.2 Å². The molecule has 2 aromatic rings. The van der Waals surface area contributed by atoms with Gasteiger partial charge in [-0.25, -0.2) is 0 Å². The van der Waals surface area contributed by atoms with Crippen molar-refractivity contribution in [2.24, 2.45) is 0 Å². The molecule has 0 fully saturated rings. The molecule has 0 aliphatic heterocycles. The van der Waals surface area contributed by atoms with Crippen molar-refractivity contribution in [3.05, 3.63) is 47.5 Å². The lowest BCUT2D eigenvalue weighted by Gasteiger charge is -2.23. The van der Waals surface area contributed by atoms with E-state index < -0.39 is 11.9 Å². The van der Waals surface area contributed by atoms with E-state index in [1.54, 1.807) is 12.1 Å². The van der Waals surface area contributed by atoms with E-state index >= 15 is 0 Å².